The van der Waals surface area contributed by atoms with Crippen molar-refractivity contribution in [2.45, 2.75) is 18.9 Å². The Morgan fingerprint density at radius 2 is 1.95 bits per heavy atom. The van der Waals surface area contributed by atoms with Gasteiger partial charge >= 0.3 is 5.97 Å². The van der Waals surface area contributed by atoms with Gasteiger partial charge < -0.3 is 19.6 Å². The van der Waals surface area contributed by atoms with Gasteiger partial charge in [0.1, 0.15) is 6.10 Å². The molecule has 1 aromatic heterocycles. The van der Waals surface area contributed by atoms with Gasteiger partial charge in [0.25, 0.3) is 5.91 Å². The second kappa shape index (κ2) is 6.27. The van der Waals surface area contributed by atoms with Gasteiger partial charge in [-0.2, -0.15) is 0 Å². The van der Waals surface area contributed by atoms with Crippen LogP contribution in [-0.4, -0.2) is 71.0 Å². The Kier molecular flexibility index (Phi) is 4.19. The molecule has 0 aliphatic carbocycles. The molecule has 2 aliphatic heterocycles. The molecule has 0 aromatic carbocycles. The first-order valence-corrected chi connectivity index (χ1v) is 7.37. The normalized spacial score (nSPS) is 21.9. The highest BCUT2D eigenvalue weighted by atomic mass is 16.5. The summed E-state index contributed by atoms with van der Waals surface area (Å²) in [6.45, 7) is 3.20. The van der Waals surface area contributed by atoms with Crippen LogP contribution in [0, 0.1) is 0 Å². The van der Waals surface area contributed by atoms with Crippen LogP contribution in [0.2, 0.25) is 0 Å². The molecule has 1 aromatic rings. The van der Waals surface area contributed by atoms with Crippen molar-refractivity contribution in [3.05, 3.63) is 17.8 Å². The number of rotatable bonds is 3. The first-order valence-electron chi connectivity index (χ1n) is 7.37. The molecule has 0 saturated carbocycles. The van der Waals surface area contributed by atoms with Crippen LogP contribution in [0.3, 0.4) is 0 Å². The van der Waals surface area contributed by atoms with Crippen molar-refractivity contribution in [1.82, 2.24) is 15.1 Å². The third kappa shape index (κ3) is 3.01. The summed E-state index contributed by atoms with van der Waals surface area (Å²) in [6, 6.07) is 3.09. The lowest BCUT2D eigenvalue weighted by Gasteiger charge is -2.36. The number of piperazine rings is 1. The SMILES string of the molecule is O=C(O)c1ccc(N2CCN(C(=O)C3CCCO3)CC2)nn1. The van der Waals surface area contributed by atoms with Crippen LogP contribution in [0.5, 0.6) is 0 Å². The largest absolute Gasteiger partial charge is 0.476 e. The maximum Gasteiger partial charge on any atom is 0.356 e. The van der Waals surface area contributed by atoms with E-state index in [0.717, 1.165) is 12.8 Å². The molecule has 1 unspecified atom stereocenters. The average molecular weight is 306 g/mol. The highest BCUT2D eigenvalue weighted by Gasteiger charge is 2.30. The predicted octanol–water partition coefficient (Wildman–Crippen LogP) is 0.00240. The van der Waals surface area contributed by atoms with Crippen molar-refractivity contribution in [3.8, 4) is 0 Å². The van der Waals surface area contributed by atoms with Crippen molar-refractivity contribution in [3.63, 3.8) is 0 Å². The van der Waals surface area contributed by atoms with E-state index in [2.05, 4.69) is 10.2 Å². The standard InChI is InChI=1S/C14H18N4O4/c19-13(11-2-1-9-22-11)18-7-5-17(6-8-18)12-4-3-10(14(20)21)15-16-12/h3-4,11H,1-2,5-9H2,(H,20,21). The molecular formula is C14H18N4O4. The van der Waals surface area contributed by atoms with Crippen molar-refractivity contribution in [2.24, 2.45) is 0 Å². The third-order valence-electron chi connectivity index (χ3n) is 3.99. The lowest BCUT2D eigenvalue weighted by molar-refractivity contribution is -0.141. The van der Waals surface area contributed by atoms with E-state index in [1.807, 2.05) is 9.80 Å². The van der Waals surface area contributed by atoms with Gasteiger partial charge in [0.05, 0.1) is 0 Å². The predicted molar refractivity (Wildman–Crippen MR) is 76.8 cm³/mol. The van der Waals surface area contributed by atoms with Gasteiger partial charge in [-0.25, -0.2) is 4.79 Å². The van der Waals surface area contributed by atoms with E-state index in [0.29, 0.717) is 38.6 Å². The van der Waals surface area contributed by atoms with E-state index in [1.54, 1.807) is 6.07 Å². The number of hydrogen-bond donors (Lipinski definition) is 1. The van der Waals surface area contributed by atoms with E-state index in [1.165, 1.54) is 6.07 Å². The van der Waals surface area contributed by atoms with E-state index in [4.69, 9.17) is 9.84 Å². The number of aromatic carboxylic acids is 1. The van der Waals surface area contributed by atoms with E-state index < -0.39 is 5.97 Å². The minimum atomic E-state index is -1.09. The molecule has 2 saturated heterocycles. The van der Waals surface area contributed by atoms with Gasteiger partial charge in [-0.15, -0.1) is 10.2 Å². The Labute approximate surface area is 127 Å². The lowest BCUT2D eigenvalue weighted by atomic mass is 10.2. The molecule has 1 atom stereocenters. The summed E-state index contributed by atoms with van der Waals surface area (Å²) in [5.74, 6) is -0.385. The maximum absolute atomic E-state index is 12.3. The Hall–Kier alpha value is -2.22. The van der Waals surface area contributed by atoms with Gasteiger partial charge in [0.2, 0.25) is 0 Å². The molecule has 3 rings (SSSR count). The average Bonchev–Trinajstić information content (AvgIpc) is 3.09. The molecule has 2 aliphatic rings. The molecule has 2 fully saturated rings. The van der Waals surface area contributed by atoms with E-state index >= 15 is 0 Å². The van der Waals surface area contributed by atoms with Crippen LogP contribution < -0.4 is 4.90 Å². The van der Waals surface area contributed by atoms with E-state index in [9.17, 15) is 9.59 Å². The Bertz CT molecular complexity index is 548. The van der Waals surface area contributed by atoms with Crippen LogP contribution >= 0.6 is 0 Å². The molecule has 8 heteroatoms. The van der Waals surface area contributed by atoms with Crippen molar-refractivity contribution >= 4 is 17.7 Å². The van der Waals surface area contributed by atoms with Gasteiger partial charge in [-0.1, -0.05) is 0 Å². The van der Waals surface area contributed by atoms with Crippen molar-refractivity contribution in [2.75, 3.05) is 37.7 Å². The van der Waals surface area contributed by atoms with Crippen LogP contribution in [0.1, 0.15) is 23.3 Å². The molecular weight excluding hydrogens is 288 g/mol. The number of hydrogen-bond acceptors (Lipinski definition) is 6. The highest BCUT2D eigenvalue weighted by molar-refractivity contribution is 5.85. The summed E-state index contributed by atoms with van der Waals surface area (Å²) in [5, 5.41) is 16.4. The fraction of sp³-hybridized carbons (Fsp3) is 0.571. The molecule has 0 bridgehead atoms. The molecule has 0 spiro atoms. The molecule has 3 heterocycles. The number of carbonyl (C=O) groups is 2. The second-order valence-electron chi connectivity index (χ2n) is 5.40. The monoisotopic (exact) mass is 306 g/mol. The Morgan fingerprint density at radius 3 is 2.50 bits per heavy atom. The number of carboxylic acid groups (broad SMARTS) is 1. The van der Waals surface area contributed by atoms with Crippen LogP contribution in [0.4, 0.5) is 5.82 Å². The molecule has 1 amide bonds. The topological polar surface area (TPSA) is 95.9 Å². The summed E-state index contributed by atoms with van der Waals surface area (Å²) in [5.41, 5.74) is -0.0732. The minimum Gasteiger partial charge on any atom is -0.476 e. The van der Waals surface area contributed by atoms with E-state index in [-0.39, 0.29) is 17.7 Å². The molecule has 1 N–H and O–H groups in total. The smallest absolute Gasteiger partial charge is 0.356 e. The summed E-state index contributed by atoms with van der Waals surface area (Å²) >= 11 is 0. The van der Waals surface area contributed by atoms with Crippen molar-refractivity contribution in [1.29, 1.82) is 0 Å². The molecule has 118 valence electrons. The fourth-order valence-electron chi connectivity index (χ4n) is 2.74. The number of nitrogens with zero attached hydrogens (tertiary/aromatic N) is 4. The van der Waals surface area contributed by atoms with Gasteiger partial charge in [0.15, 0.2) is 11.5 Å². The zero-order chi connectivity index (χ0) is 15.5. The number of amides is 1. The first-order chi connectivity index (χ1) is 10.6. The van der Waals surface area contributed by atoms with Crippen molar-refractivity contribution < 1.29 is 19.4 Å². The Morgan fingerprint density at radius 1 is 1.18 bits per heavy atom. The number of carboxylic acids is 1. The zero-order valence-corrected chi connectivity index (χ0v) is 12.1. The summed E-state index contributed by atoms with van der Waals surface area (Å²) in [6.07, 6.45) is 1.48. The van der Waals surface area contributed by atoms with Gasteiger partial charge in [0, 0.05) is 32.8 Å². The maximum atomic E-state index is 12.3. The number of aromatic nitrogens is 2. The lowest BCUT2D eigenvalue weighted by Crippen LogP contribution is -2.51. The quantitative estimate of drug-likeness (QED) is 0.839. The fourth-order valence-corrected chi connectivity index (χ4v) is 2.74. The summed E-state index contributed by atoms with van der Waals surface area (Å²) < 4.78 is 5.43. The molecule has 22 heavy (non-hydrogen) atoms. The molecule has 8 nitrogen and oxygen atoms in total. The van der Waals surface area contributed by atoms with Crippen LogP contribution in [-0.2, 0) is 9.53 Å². The molecule has 0 radical (unpaired) electrons. The van der Waals surface area contributed by atoms with Gasteiger partial charge in [-0.3, -0.25) is 4.79 Å². The van der Waals surface area contributed by atoms with Crippen LogP contribution in [0.15, 0.2) is 12.1 Å². The number of carbonyl (C=O) groups excluding carboxylic acids is 1. The second-order valence-corrected chi connectivity index (χ2v) is 5.40. The minimum absolute atomic E-state index is 0.0732. The first kappa shape index (κ1) is 14.7. The number of ether oxygens (including phenoxy) is 1. The summed E-state index contributed by atoms with van der Waals surface area (Å²) in [7, 11) is 0. The zero-order valence-electron chi connectivity index (χ0n) is 12.1. The summed E-state index contributed by atoms with van der Waals surface area (Å²) in [4.78, 5) is 26.8. The Balaban J connectivity index is 1.57. The third-order valence-corrected chi connectivity index (χ3v) is 3.99. The van der Waals surface area contributed by atoms with Crippen LogP contribution in [0.25, 0.3) is 0 Å². The number of anilines is 1. The van der Waals surface area contributed by atoms with Gasteiger partial charge in [-0.05, 0) is 25.0 Å². The highest BCUT2D eigenvalue weighted by Crippen LogP contribution is 2.18.